The first-order valence-corrected chi connectivity index (χ1v) is 43.8. The summed E-state index contributed by atoms with van der Waals surface area (Å²) < 4.78 is 186. The van der Waals surface area contributed by atoms with E-state index in [4.69, 9.17) is 65.4 Å². The number of halogens is 16. The van der Waals surface area contributed by atoms with Crippen LogP contribution in [0.3, 0.4) is 0 Å². The normalized spacial score (nSPS) is 21.5. The fraction of sp³-hybridized carbons (Fsp3) is 0.455. The van der Waals surface area contributed by atoms with E-state index >= 15 is 0 Å². The first kappa shape index (κ1) is 100. The first-order chi connectivity index (χ1) is 59.4. The Bertz CT molecular complexity index is 4830. The quantitative estimate of drug-likeness (QED) is 0.0404. The monoisotopic (exact) mass is 1880 g/mol. The molecule has 0 N–H and O–H groups in total. The van der Waals surface area contributed by atoms with Gasteiger partial charge in [-0.1, -0.05) is 88.8 Å². The fourth-order valence-electron chi connectivity index (χ4n) is 16.3. The van der Waals surface area contributed by atoms with Crippen molar-refractivity contribution in [3.63, 3.8) is 0 Å². The third-order valence-corrected chi connectivity index (χ3v) is 25.0. The summed E-state index contributed by atoms with van der Waals surface area (Å²) in [5, 5.41) is 0.367. The van der Waals surface area contributed by atoms with Crippen LogP contribution in [0.5, 0.6) is 23.0 Å². The van der Waals surface area contributed by atoms with Gasteiger partial charge >= 0.3 is 24.7 Å². The molecule has 4 fully saturated rings. The Morgan fingerprint density at radius 2 is 0.651 bits per heavy atom. The first-order valence-electron chi connectivity index (χ1n) is 40.5. The van der Waals surface area contributed by atoms with Crippen molar-refractivity contribution in [1.82, 2.24) is 39.5 Å². The summed E-state index contributed by atoms with van der Waals surface area (Å²) in [4.78, 5) is 126. The molecular weight excluding hydrogens is 1790 g/mol. The van der Waals surface area contributed by atoms with E-state index in [1.165, 1.54) is 42.3 Å². The molecule has 4 aliphatic rings. The Morgan fingerprint density at radius 1 is 0.381 bits per heavy atom. The minimum Gasteiger partial charge on any atom is -0.476 e. The minimum absolute atomic E-state index is 0.167. The Morgan fingerprint density at radius 3 is 0.897 bits per heavy atom. The number of hydrogen-bond donors (Lipinski definition) is 0. The largest absolute Gasteiger partial charge is 0.476 e. The van der Waals surface area contributed by atoms with Crippen molar-refractivity contribution in [1.29, 1.82) is 0 Å². The predicted molar refractivity (Wildman–Crippen MR) is 450 cm³/mol. The van der Waals surface area contributed by atoms with Crippen LogP contribution in [0.15, 0.2) is 145 Å². The number of hydrogen-bond acceptors (Lipinski definition) is 18. The van der Waals surface area contributed by atoms with Gasteiger partial charge in [0.25, 0.3) is 44.6 Å². The second-order valence-electron chi connectivity index (χ2n) is 30.7. The lowest BCUT2D eigenvalue weighted by molar-refractivity contribution is -0.139. The molecular formula is C88H92Cl4F12N8O12S2. The van der Waals surface area contributed by atoms with Crippen molar-refractivity contribution in [2.24, 2.45) is 0 Å². The van der Waals surface area contributed by atoms with Crippen molar-refractivity contribution >= 4 is 114 Å². The van der Waals surface area contributed by atoms with Crippen LogP contribution in [0.1, 0.15) is 215 Å². The van der Waals surface area contributed by atoms with E-state index in [0.717, 1.165) is 94.5 Å². The molecule has 2 aromatic carbocycles. The van der Waals surface area contributed by atoms with Gasteiger partial charge in [0.15, 0.2) is 0 Å². The Hall–Kier alpha value is -9.48. The van der Waals surface area contributed by atoms with Crippen molar-refractivity contribution in [3.05, 3.63) is 211 Å². The maximum absolute atomic E-state index is 13.5. The number of thiophene rings is 2. The van der Waals surface area contributed by atoms with E-state index in [1.807, 2.05) is 79.7 Å². The maximum atomic E-state index is 13.5. The van der Waals surface area contributed by atoms with Crippen LogP contribution in [0.2, 0.25) is 0 Å². The zero-order chi connectivity index (χ0) is 92.7. The van der Waals surface area contributed by atoms with Crippen molar-refractivity contribution in [2.45, 2.75) is 229 Å². The summed E-state index contributed by atoms with van der Waals surface area (Å²) in [5.74, 6) is -1.79. The van der Waals surface area contributed by atoms with Crippen LogP contribution in [0.4, 0.5) is 52.7 Å². The number of pyridine rings is 4. The molecule has 8 atom stereocenters. The van der Waals surface area contributed by atoms with E-state index in [1.54, 1.807) is 47.2 Å². The molecule has 0 aliphatic carbocycles. The number of rotatable bonds is 24. The van der Waals surface area contributed by atoms with E-state index in [0.29, 0.717) is 100 Å². The van der Waals surface area contributed by atoms with Crippen molar-refractivity contribution < 1.29 is 110 Å². The van der Waals surface area contributed by atoms with Crippen molar-refractivity contribution in [3.8, 4) is 23.0 Å². The zero-order valence-corrected chi connectivity index (χ0v) is 74.3. The van der Waals surface area contributed by atoms with Crippen LogP contribution in [-0.4, -0.2) is 157 Å². The molecule has 4 saturated heterocycles. The topological polar surface area (TPSA) is 238 Å². The lowest BCUT2D eigenvalue weighted by Crippen LogP contribution is -2.64. The Labute approximate surface area is 747 Å². The predicted octanol–water partition coefficient (Wildman–Crippen LogP) is 21.7. The molecule has 20 nitrogen and oxygen atoms in total. The number of carbonyl (C=O) groups is 8. The molecule has 126 heavy (non-hydrogen) atoms. The van der Waals surface area contributed by atoms with E-state index in [-0.39, 0.29) is 51.9 Å². The van der Waals surface area contributed by atoms with Gasteiger partial charge < -0.3 is 38.5 Å². The molecule has 0 radical (unpaired) electrons. The summed E-state index contributed by atoms with van der Waals surface area (Å²) >= 11 is 27.0. The molecule has 12 rings (SSSR count). The maximum Gasteiger partial charge on any atom is 0.418 e. The molecule has 0 bridgehead atoms. The van der Waals surface area contributed by atoms with Gasteiger partial charge in [-0.2, -0.15) is 52.7 Å². The molecule has 680 valence electrons. The van der Waals surface area contributed by atoms with Crippen LogP contribution in [0, 0.1) is 27.7 Å². The second-order valence-corrected chi connectivity index (χ2v) is 34.3. The molecule has 6 aromatic heterocycles. The van der Waals surface area contributed by atoms with Gasteiger partial charge in [-0.05, 0) is 224 Å². The SMILES string of the molecule is CCC[C@H]1N(C(=O)c2cnccc2C(F)(F)F)CCC[C@@]1(Oc1ccc(C)cc1)C(=O)Cl.CCC[C@H]1N(C(=O)c2cnccc2C(F)(F)F)CCC[C@@]1(Oc1csc(C)c1)C(=O)Cl.CCC[C@H]1N(C(=O)c2ncccc2C(F)(F)F)CCC[C@@]1(Oc1ccc(C)cc1)C(=O)Cl.CCC[C@H]1N(C(=O)c2ncccc2C(F)(F)F)CCC[C@@]1(Oc1csc(C)c1)C(=O)Cl. The number of aryl methyl sites for hydroxylation is 4. The third kappa shape index (κ3) is 23.1. The average Bonchev–Trinajstić information content (AvgIpc) is 0.904. The molecule has 0 unspecified atom stereocenters. The highest BCUT2D eigenvalue weighted by Gasteiger charge is 2.59. The van der Waals surface area contributed by atoms with Crippen LogP contribution < -0.4 is 18.9 Å². The Kier molecular flexibility index (Phi) is 33.9. The average molecular weight is 1890 g/mol. The van der Waals surface area contributed by atoms with Gasteiger partial charge in [0.05, 0.1) is 57.5 Å². The van der Waals surface area contributed by atoms with Crippen LogP contribution >= 0.6 is 69.1 Å². The lowest BCUT2D eigenvalue weighted by atomic mass is 9.82. The molecule has 0 spiro atoms. The third-order valence-electron chi connectivity index (χ3n) is 22.1. The minimum atomic E-state index is -4.74. The number of ether oxygens (including phenoxy) is 4. The van der Waals surface area contributed by atoms with Gasteiger partial charge in [-0.15, -0.1) is 22.7 Å². The fourth-order valence-corrected chi connectivity index (χ4v) is 18.6. The lowest BCUT2D eigenvalue weighted by Gasteiger charge is -2.47. The molecule has 38 heteroatoms. The number of benzene rings is 2. The summed E-state index contributed by atoms with van der Waals surface area (Å²) in [5.41, 5.74) is -11.1. The molecule has 8 aromatic rings. The molecule has 4 aliphatic heterocycles. The Balaban J connectivity index is 0.000000190. The highest BCUT2D eigenvalue weighted by molar-refractivity contribution is 7.10. The smallest absolute Gasteiger partial charge is 0.418 e. The number of aromatic nitrogens is 4. The highest BCUT2D eigenvalue weighted by Crippen LogP contribution is 2.47. The van der Waals surface area contributed by atoms with Crippen molar-refractivity contribution in [2.75, 3.05) is 26.2 Å². The number of piperidine rings is 4. The summed E-state index contributed by atoms with van der Waals surface area (Å²) in [6.45, 7) is 15.7. The van der Waals surface area contributed by atoms with E-state index < -0.39 is 161 Å². The summed E-state index contributed by atoms with van der Waals surface area (Å²) in [7, 11) is 0. The zero-order valence-electron chi connectivity index (χ0n) is 69.6. The summed E-state index contributed by atoms with van der Waals surface area (Å²) in [6, 6.07) is 19.7. The van der Waals surface area contributed by atoms with Gasteiger partial charge in [-0.25, -0.2) is 0 Å². The highest BCUT2D eigenvalue weighted by atomic mass is 35.5. The van der Waals surface area contributed by atoms with Crippen LogP contribution in [-0.2, 0) is 43.9 Å². The molecule has 4 amide bonds. The van der Waals surface area contributed by atoms with E-state index in [2.05, 4.69) is 19.9 Å². The van der Waals surface area contributed by atoms with Gasteiger partial charge in [0.2, 0.25) is 22.4 Å². The molecule has 10 heterocycles. The van der Waals surface area contributed by atoms with E-state index in [9.17, 15) is 91.0 Å². The number of nitrogens with zero attached hydrogens (tertiary/aromatic N) is 8. The number of carbonyl (C=O) groups excluding carboxylic acids is 8. The summed E-state index contributed by atoms with van der Waals surface area (Å²) in [6.07, 6.45) is -6.82. The molecule has 0 saturated carbocycles. The number of alkyl halides is 12. The van der Waals surface area contributed by atoms with Gasteiger partial charge in [-0.3, -0.25) is 58.3 Å². The number of amides is 4. The van der Waals surface area contributed by atoms with Gasteiger partial charge in [0, 0.05) is 83.9 Å². The second kappa shape index (κ2) is 42.6. The van der Waals surface area contributed by atoms with Gasteiger partial charge in [0.1, 0.15) is 34.4 Å². The standard InChI is InChI=1S/2C23H24ClF3N2O3.2C21H22ClF3N2O3S/c1-3-6-18-22(21(24)31,32-16-10-8-15(2)9-11-16)12-5-14-29(18)20(30)19-17(23(25,26)27)7-4-13-28-19;1-3-5-19-22(21(24)31,32-16-8-6-15(2)7-9-16)11-4-13-29(19)20(30)17-14-28-12-10-18(17)23(25,26)27;1-3-6-16-20(19(22)29,30-14-11-13(2)31-12-14)8-5-10-27(16)18(28)17-15(21(23,24)25)7-4-9-26-17;1-3-5-17-20(19(22)29,30-14-10-13(2)31-12-14)7-4-9-27(17)18(28)15-11-26-8-6-16(15)21(23,24)25/h4,7-11,13,18H,3,5-6,12,14H2,1-2H3;6-10,12,14,19H,3-5,11,13H2,1-2H3;4,7,9,11-12,16H,3,5-6,8,10H2,1-2H3;6,8,10-12,17H,3-5,7,9H2,1-2H3/t18-,22+;19-,22+;16-,20+;17-,20+/m1111/s1. The number of likely N-dealkylation sites (tertiary alicyclic amines) is 4. The van der Waals surface area contributed by atoms with Crippen LogP contribution in [0.25, 0.3) is 0 Å².